The Bertz CT molecular complexity index is 408. The van der Waals surface area contributed by atoms with Crippen molar-refractivity contribution in [2.75, 3.05) is 0 Å². The molecule has 2 N–H and O–H groups in total. The van der Waals surface area contributed by atoms with Crippen LogP contribution in [-0.2, 0) is 4.79 Å². The van der Waals surface area contributed by atoms with E-state index in [0.717, 1.165) is 0 Å². The van der Waals surface area contributed by atoms with Gasteiger partial charge in [0, 0.05) is 0 Å². The molecule has 0 bridgehead atoms. The summed E-state index contributed by atoms with van der Waals surface area (Å²) in [6, 6.07) is 5.30. The van der Waals surface area contributed by atoms with Crippen LogP contribution < -0.4 is 10.6 Å². The van der Waals surface area contributed by atoms with Crippen molar-refractivity contribution in [3.05, 3.63) is 35.6 Å². The number of hydrogen-bond donors (Lipinski definition) is 2. The van der Waals surface area contributed by atoms with Gasteiger partial charge >= 0.3 is 0 Å². The predicted octanol–water partition coefficient (Wildman–Crippen LogP) is 0.871. The highest BCUT2D eigenvalue weighted by atomic mass is 32.1. The monoisotopic (exact) mass is 210 g/mol. The largest absolute Gasteiger partial charge is 0.347 e. The predicted molar refractivity (Wildman–Crippen MR) is 53.0 cm³/mol. The van der Waals surface area contributed by atoms with Gasteiger partial charge in [0.05, 0.1) is 0 Å². The molecule has 2 rings (SSSR count). The maximum absolute atomic E-state index is 12.9. The van der Waals surface area contributed by atoms with Crippen LogP contribution in [0.15, 0.2) is 24.3 Å². The normalized spacial score (nSPS) is 20.5. The molecule has 5 heteroatoms. The average Bonchev–Trinajstić information content (AvgIpc) is 2.45. The van der Waals surface area contributed by atoms with E-state index in [1.54, 1.807) is 12.1 Å². The van der Waals surface area contributed by atoms with Crippen molar-refractivity contribution in [2.45, 2.75) is 6.04 Å². The molecule has 1 aliphatic rings. The van der Waals surface area contributed by atoms with Gasteiger partial charge in [-0.3, -0.25) is 4.79 Å². The molecular formula is C9H7FN2OS. The second kappa shape index (κ2) is 3.34. The number of thiocarbonyl (C=S) groups is 1. The van der Waals surface area contributed by atoms with Gasteiger partial charge in [-0.15, -0.1) is 0 Å². The van der Waals surface area contributed by atoms with Crippen LogP contribution in [0.3, 0.4) is 0 Å². The molecule has 3 nitrogen and oxygen atoms in total. The number of carbonyl (C=O) groups excluding carboxylic acids is 1. The summed E-state index contributed by atoms with van der Waals surface area (Å²) in [4.78, 5) is 11.3. The number of carbonyl (C=O) groups is 1. The van der Waals surface area contributed by atoms with E-state index in [1.807, 2.05) is 0 Å². The fraction of sp³-hybridized carbons (Fsp3) is 0.111. The number of benzene rings is 1. The van der Waals surface area contributed by atoms with Gasteiger partial charge in [-0.2, -0.15) is 0 Å². The fourth-order valence-corrected chi connectivity index (χ4v) is 1.56. The maximum atomic E-state index is 12.9. The van der Waals surface area contributed by atoms with Gasteiger partial charge in [0.1, 0.15) is 11.9 Å². The van der Waals surface area contributed by atoms with E-state index in [0.29, 0.717) is 5.56 Å². The van der Waals surface area contributed by atoms with E-state index in [2.05, 4.69) is 10.6 Å². The molecule has 1 amide bonds. The molecule has 1 heterocycles. The molecule has 0 saturated carbocycles. The van der Waals surface area contributed by atoms with Crippen molar-refractivity contribution in [2.24, 2.45) is 0 Å². The summed E-state index contributed by atoms with van der Waals surface area (Å²) in [7, 11) is 0. The summed E-state index contributed by atoms with van der Waals surface area (Å²) in [6.45, 7) is 0. The number of hydrogen-bond acceptors (Lipinski definition) is 2. The molecule has 0 radical (unpaired) electrons. The summed E-state index contributed by atoms with van der Waals surface area (Å²) in [5, 5.41) is 5.48. The van der Waals surface area contributed by atoms with Crippen molar-refractivity contribution in [3.8, 4) is 0 Å². The molecule has 72 valence electrons. The fourth-order valence-electron chi connectivity index (χ4n) is 1.34. The molecule has 0 aromatic heterocycles. The first kappa shape index (κ1) is 9.08. The second-order valence-electron chi connectivity index (χ2n) is 2.95. The Kier molecular flexibility index (Phi) is 2.17. The minimum atomic E-state index is -0.571. The Balaban J connectivity index is 2.31. The number of rotatable bonds is 1. The van der Waals surface area contributed by atoms with E-state index in [4.69, 9.17) is 12.2 Å². The van der Waals surface area contributed by atoms with Gasteiger partial charge in [0.25, 0.3) is 5.91 Å². The number of nitrogens with one attached hydrogen (secondary N) is 2. The van der Waals surface area contributed by atoms with Crippen molar-refractivity contribution in [1.82, 2.24) is 10.6 Å². The van der Waals surface area contributed by atoms with Crippen molar-refractivity contribution in [3.63, 3.8) is 0 Å². The van der Waals surface area contributed by atoms with E-state index in [-0.39, 0.29) is 16.8 Å². The van der Waals surface area contributed by atoms with Gasteiger partial charge in [-0.25, -0.2) is 4.39 Å². The second-order valence-corrected chi connectivity index (χ2v) is 3.36. The highest BCUT2D eigenvalue weighted by Gasteiger charge is 2.28. The Morgan fingerprint density at radius 1 is 1.43 bits per heavy atom. The highest BCUT2D eigenvalue weighted by Crippen LogP contribution is 2.17. The quantitative estimate of drug-likeness (QED) is 0.676. The van der Waals surface area contributed by atoms with E-state index in [1.165, 1.54) is 12.1 Å². The van der Waals surface area contributed by atoms with Gasteiger partial charge in [-0.05, 0) is 29.9 Å². The lowest BCUT2D eigenvalue weighted by Gasteiger charge is -2.07. The van der Waals surface area contributed by atoms with Gasteiger partial charge in [0.2, 0.25) is 0 Å². The highest BCUT2D eigenvalue weighted by molar-refractivity contribution is 7.80. The third-order valence-corrected chi connectivity index (χ3v) is 2.18. The number of halogens is 1. The van der Waals surface area contributed by atoms with Gasteiger partial charge in [0.15, 0.2) is 5.11 Å². The first-order chi connectivity index (χ1) is 6.66. The Morgan fingerprint density at radius 3 is 2.79 bits per heavy atom. The molecular weight excluding hydrogens is 203 g/mol. The summed E-state index contributed by atoms with van der Waals surface area (Å²) >= 11 is 4.77. The molecule has 1 fully saturated rings. The van der Waals surface area contributed by atoms with E-state index < -0.39 is 6.04 Å². The van der Waals surface area contributed by atoms with Crippen molar-refractivity contribution in [1.29, 1.82) is 0 Å². The van der Waals surface area contributed by atoms with Crippen LogP contribution in [0.1, 0.15) is 11.6 Å². The topological polar surface area (TPSA) is 41.1 Å². The third kappa shape index (κ3) is 1.58. The Morgan fingerprint density at radius 2 is 2.21 bits per heavy atom. The third-order valence-electron chi connectivity index (χ3n) is 1.96. The first-order valence-corrected chi connectivity index (χ1v) is 4.44. The van der Waals surface area contributed by atoms with Gasteiger partial charge < -0.3 is 10.6 Å². The molecule has 1 aromatic rings. The van der Waals surface area contributed by atoms with Crippen LogP contribution in [0.25, 0.3) is 0 Å². The zero-order valence-corrected chi connectivity index (χ0v) is 7.90. The Labute approximate surface area is 85.3 Å². The van der Waals surface area contributed by atoms with E-state index >= 15 is 0 Å². The zero-order valence-electron chi connectivity index (χ0n) is 7.08. The van der Waals surface area contributed by atoms with Crippen LogP contribution in [0.5, 0.6) is 0 Å². The van der Waals surface area contributed by atoms with Crippen LogP contribution in [0.4, 0.5) is 4.39 Å². The molecule has 1 atom stereocenters. The van der Waals surface area contributed by atoms with Crippen LogP contribution >= 0.6 is 12.2 Å². The molecule has 14 heavy (non-hydrogen) atoms. The molecule has 0 spiro atoms. The summed E-state index contributed by atoms with van der Waals surface area (Å²) in [5.41, 5.74) is 0.572. The minimum Gasteiger partial charge on any atom is -0.347 e. The molecule has 1 saturated heterocycles. The average molecular weight is 210 g/mol. The zero-order chi connectivity index (χ0) is 10.1. The lowest BCUT2D eigenvalue weighted by Crippen LogP contribution is -2.21. The molecule has 1 aromatic carbocycles. The summed E-state index contributed by atoms with van der Waals surface area (Å²) in [5.74, 6) is -0.615. The summed E-state index contributed by atoms with van der Waals surface area (Å²) in [6.07, 6.45) is 0. The van der Waals surface area contributed by atoms with Crippen molar-refractivity contribution < 1.29 is 9.18 Å². The maximum Gasteiger partial charge on any atom is 0.253 e. The first-order valence-electron chi connectivity index (χ1n) is 4.03. The summed E-state index contributed by atoms with van der Waals surface area (Å²) < 4.78 is 12.9. The lowest BCUT2D eigenvalue weighted by atomic mass is 10.1. The lowest BCUT2D eigenvalue weighted by molar-refractivity contribution is -0.120. The SMILES string of the molecule is O=C1NC(=S)NC1c1cccc(F)c1. The smallest absolute Gasteiger partial charge is 0.253 e. The molecule has 0 aliphatic carbocycles. The van der Waals surface area contributed by atoms with Crippen molar-refractivity contribution >= 4 is 23.2 Å². The van der Waals surface area contributed by atoms with Crippen LogP contribution in [0, 0.1) is 5.82 Å². The van der Waals surface area contributed by atoms with Crippen LogP contribution in [0.2, 0.25) is 0 Å². The van der Waals surface area contributed by atoms with Crippen LogP contribution in [-0.4, -0.2) is 11.0 Å². The molecule has 1 unspecified atom stereocenters. The Hall–Kier alpha value is -1.49. The minimum absolute atomic E-state index is 0.249. The molecule has 1 aliphatic heterocycles. The number of amides is 1. The van der Waals surface area contributed by atoms with E-state index in [9.17, 15) is 9.18 Å². The standard InChI is InChI=1S/C9H7FN2OS/c10-6-3-1-2-5(4-6)7-8(13)12-9(14)11-7/h1-4,7H,(H2,11,12,13,14). The van der Waals surface area contributed by atoms with Gasteiger partial charge in [-0.1, -0.05) is 12.1 Å².